The van der Waals surface area contributed by atoms with E-state index in [9.17, 15) is 4.79 Å². The van der Waals surface area contributed by atoms with Crippen molar-refractivity contribution in [2.24, 2.45) is 0 Å². The maximum absolute atomic E-state index is 11.8. The van der Waals surface area contributed by atoms with Crippen molar-refractivity contribution in [3.05, 3.63) is 24.4 Å². The van der Waals surface area contributed by atoms with Crippen LogP contribution >= 0.6 is 24.8 Å². The molecular weight excluding hydrogens is 323 g/mol. The van der Waals surface area contributed by atoms with Gasteiger partial charge in [0.05, 0.1) is 0 Å². The van der Waals surface area contributed by atoms with Gasteiger partial charge in [0.25, 0.3) is 0 Å². The molecule has 1 amide bonds. The van der Waals surface area contributed by atoms with Crippen LogP contribution in [-0.4, -0.2) is 43.6 Å². The van der Waals surface area contributed by atoms with E-state index in [0.29, 0.717) is 12.5 Å². The van der Waals surface area contributed by atoms with E-state index in [1.165, 1.54) is 0 Å². The molecule has 0 saturated carbocycles. The number of anilines is 1. The molecule has 0 spiro atoms. The van der Waals surface area contributed by atoms with Gasteiger partial charge in [0, 0.05) is 31.7 Å². The Kier molecular flexibility index (Phi) is 11.0. The molecule has 0 radical (unpaired) electrons. The molecule has 1 aliphatic heterocycles. The standard InChI is InChI=1S/C15H24N4O.2ClH/c1-16-9-4-6-15(20)18-13-7-11-19(12-8-13)14-5-2-3-10-17-14;;/h2-3,5,10,13,16H,4,6-9,11-12H2,1H3,(H,18,20);2*1H. The Balaban J connectivity index is 0.00000220. The highest BCUT2D eigenvalue weighted by atomic mass is 35.5. The highest BCUT2D eigenvalue weighted by Gasteiger charge is 2.21. The topological polar surface area (TPSA) is 57.3 Å². The Bertz CT molecular complexity index is 411. The van der Waals surface area contributed by atoms with Crippen LogP contribution in [0.5, 0.6) is 0 Å². The quantitative estimate of drug-likeness (QED) is 0.772. The molecule has 1 fully saturated rings. The molecular formula is C15H26Cl2N4O. The van der Waals surface area contributed by atoms with E-state index in [0.717, 1.165) is 44.7 Å². The number of carbonyl (C=O) groups excluding carboxylic acids is 1. The minimum absolute atomic E-state index is 0. The molecule has 0 unspecified atom stereocenters. The Hall–Kier alpha value is -1.04. The Morgan fingerprint density at radius 3 is 2.64 bits per heavy atom. The van der Waals surface area contributed by atoms with Gasteiger partial charge in [0.15, 0.2) is 0 Å². The number of carbonyl (C=O) groups is 1. The summed E-state index contributed by atoms with van der Waals surface area (Å²) in [6.07, 6.45) is 5.32. The first-order valence-corrected chi connectivity index (χ1v) is 7.39. The molecule has 2 N–H and O–H groups in total. The first-order chi connectivity index (χ1) is 9.79. The van der Waals surface area contributed by atoms with E-state index < -0.39 is 0 Å². The lowest BCUT2D eigenvalue weighted by molar-refractivity contribution is -0.122. The van der Waals surface area contributed by atoms with Gasteiger partial charge in [-0.1, -0.05) is 6.07 Å². The summed E-state index contributed by atoms with van der Waals surface area (Å²) in [4.78, 5) is 18.4. The van der Waals surface area contributed by atoms with Crippen molar-refractivity contribution < 1.29 is 4.79 Å². The summed E-state index contributed by atoms with van der Waals surface area (Å²) >= 11 is 0. The van der Waals surface area contributed by atoms with Crippen molar-refractivity contribution in [1.82, 2.24) is 15.6 Å². The number of amides is 1. The third-order valence-corrected chi connectivity index (χ3v) is 3.66. The maximum atomic E-state index is 11.8. The number of hydrogen-bond acceptors (Lipinski definition) is 4. The van der Waals surface area contributed by atoms with E-state index >= 15 is 0 Å². The lowest BCUT2D eigenvalue weighted by Crippen LogP contribution is -2.45. The zero-order valence-electron chi connectivity index (χ0n) is 13.0. The molecule has 5 nitrogen and oxygen atoms in total. The largest absolute Gasteiger partial charge is 0.356 e. The fourth-order valence-corrected chi connectivity index (χ4v) is 2.52. The number of aromatic nitrogens is 1. The first kappa shape index (κ1) is 21.0. The summed E-state index contributed by atoms with van der Waals surface area (Å²) in [5.41, 5.74) is 0. The smallest absolute Gasteiger partial charge is 0.220 e. The third-order valence-electron chi connectivity index (χ3n) is 3.66. The molecule has 0 atom stereocenters. The average Bonchev–Trinajstić information content (AvgIpc) is 2.49. The second-order valence-electron chi connectivity index (χ2n) is 5.22. The molecule has 0 bridgehead atoms. The average molecular weight is 349 g/mol. The van der Waals surface area contributed by atoms with E-state index in [4.69, 9.17) is 0 Å². The van der Waals surface area contributed by atoms with E-state index in [1.807, 2.05) is 31.4 Å². The molecule has 1 saturated heterocycles. The highest BCUT2D eigenvalue weighted by Crippen LogP contribution is 2.17. The molecule has 1 aromatic heterocycles. The van der Waals surface area contributed by atoms with Crippen molar-refractivity contribution in [3.63, 3.8) is 0 Å². The van der Waals surface area contributed by atoms with Crippen molar-refractivity contribution in [2.45, 2.75) is 31.7 Å². The van der Waals surface area contributed by atoms with Crippen LogP contribution in [0.2, 0.25) is 0 Å². The van der Waals surface area contributed by atoms with Gasteiger partial charge >= 0.3 is 0 Å². The number of hydrogen-bond donors (Lipinski definition) is 2. The van der Waals surface area contributed by atoms with Crippen LogP contribution < -0.4 is 15.5 Å². The van der Waals surface area contributed by atoms with Gasteiger partial charge in [0.1, 0.15) is 5.82 Å². The number of nitrogens with zero attached hydrogens (tertiary/aromatic N) is 2. The lowest BCUT2D eigenvalue weighted by atomic mass is 10.0. The van der Waals surface area contributed by atoms with Gasteiger partial charge in [-0.15, -0.1) is 24.8 Å². The minimum Gasteiger partial charge on any atom is -0.356 e. The van der Waals surface area contributed by atoms with Gasteiger partial charge in [-0.2, -0.15) is 0 Å². The minimum atomic E-state index is 0. The zero-order chi connectivity index (χ0) is 14.2. The summed E-state index contributed by atoms with van der Waals surface area (Å²) in [6, 6.07) is 6.30. The zero-order valence-corrected chi connectivity index (χ0v) is 14.6. The van der Waals surface area contributed by atoms with Crippen molar-refractivity contribution >= 4 is 36.5 Å². The van der Waals surface area contributed by atoms with Gasteiger partial charge < -0.3 is 15.5 Å². The molecule has 0 aromatic carbocycles. The van der Waals surface area contributed by atoms with Gasteiger partial charge in [-0.3, -0.25) is 4.79 Å². The van der Waals surface area contributed by atoms with Crippen LogP contribution in [0.3, 0.4) is 0 Å². The molecule has 2 heterocycles. The third kappa shape index (κ3) is 6.81. The number of pyridine rings is 1. The summed E-state index contributed by atoms with van der Waals surface area (Å²) in [6.45, 7) is 2.81. The van der Waals surface area contributed by atoms with Gasteiger partial charge in [-0.05, 0) is 45.0 Å². The highest BCUT2D eigenvalue weighted by molar-refractivity contribution is 5.85. The van der Waals surface area contributed by atoms with Crippen LogP contribution in [0.4, 0.5) is 5.82 Å². The molecule has 1 aliphatic rings. The molecule has 22 heavy (non-hydrogen) atoms. The second-order valence-corrected chi connectivity index (χ2v) is 5.22. The van der Waals surface area contributed by atoms with Crippen molar-refractivity contribution in [2.75, 3.05) is 31.6 Å². The van der Waals surface area contributed by atoms with E-state index in [1.54, 1.807) is 0 Å². The van der Waals surface area contributed by atoms with Crippen LogP contribution in [-0.2, 0) is 4.79 Å². The SMILES string of the molecule is CNCCCC(=O)NC1CCN(c2ccccn2)CC1.Cl.Cl. The first-order valence-electron chi connectivity index (χ1n) is 7.39. The van der Waals surface area contributed by atoms with Gasteiger partial charge in [-0.25, -0.2) is 4.98 Å². The number of rotatable bonds is 6. The summed E-state index contributed by atoms with van der Waals surface area (Å²) in [5, 5.41) is 6.19. The predicted molar refractivity (Wildman–Crippen MR) is 95.3 cm³/mol. The van der Waals surface area contributed by atoms with E-state index in [-0.39, 0.29) is 30.7 Å². The van der Waals surface area contributed by atoms with Crippen LogP contribution in [0.25, 0.3) is 0 Å². The summed E-state index contributed by atoms with van der Waals surface area (Å²) in [5.74, 6) is 1.21. The maximum Gasteiger partial charge on any atom is 0.220 e. The molecule has 2 rings (SSSR count). The number of nitrogens with one attached hydrogen (secondary N) is 2. The van der Waals surface area contributed by atoms with Crippen LogP contribution in [0.15, 0.2) is 24.4 Å². The molecule has 0 aliphatic carbocycles. The van der Waals surface area contributed by atoms with Crippen molar-refractivity contribution in [3.8, 4) is 0 Å². The monoisotopic (exact) mass is 348 g/mol. The molecule has 7 heteroatoms. The summed E-state index contributed by atoms with van der Waals surface area (Å²) < 4.78 is 0. The predicted octanol–water partition coefficient (Wildman–Crippen LogP) is 2.01. The lowest BCUT2D eigenvalue weighted by Gasteiger charge is -2.33. The van der Waals surface area contributed by atoms with Crippen molar-refractivity contribution in [1.29, 1.82) is 0 Å². The second kappa shape index (κ2) is 11.5. The Morgan fingerprint density at radius 1 is 1.32 bits per heavy atom. The van der Waals surface area contributed by atoms with Crippen LogP contribution in [0.1, 0.15) is 25.7 Å². The Labute approximate surface area is 145 Å². The van der Waals surface area contributed by atoms with Gasteiger partial charge in [0.2, 0.25) is 5.91 Å². The normalized spacial score (nSPS) is 14.7. The number of piperidine rings is 1. The number of halogens is 2. The molecule has 1 aromatic rings. The molecule has 126 valence electrons. The van der Waals surface area contributed by atoms with E-state index in [2.05, 4.69) is 20.5 Å². The fraction of sp³-hybridized carbons (Fsp3) is 0.600. The Morgan fingerprint density at radius 2 is 2.05 bits per heavy atom. The summed E-state index contributed by atoms with van der Waals surface area (Å²) in [7, 11) is 1.91. The fourth-order valence-electron chi connectivity index (χ4n) is 2.52. The van der Waals surface area contributed by atoms with Crippen LogP contribution in [0, 0.1) is 0 Å².